The maximum Gasteiger partial charge on any atom is 0.345 e. The molecule has 1 aromatic heterocycles. The number of nitrogens with zero attached hydrogens (tertiary/aromatic N) is 2. The lowest BCUT2D eigenvalue weighted by Crippen LogP contribution is -2.07. The van der Waals surface area contributed by atoms with E-state index in [4.69, 9.17) is 4.74 Å². The molecule has 1 aromatic rings. The summed E-state index contributed by atoms with van der Waals surface area (Å²) in [6.45, 7) is 2.67. The van der Waals surface area contributed by atoms with Gasteiger partial charge >= 0.3 is 11.0 Å². The molecule has 1 N–H and O–H groups in total. The lowest BCUT2D eigenvalue weighted by atomic mass is 10.3. The number of rotatable bonds is 7. The molecule has 0 aromatic carbocycles. The van der Waals surface area contributed by atoms with Crippen LogP contribution < -0.4 is 5.32 Å². The van der Waals surface area contributed by atoms with Crippen LogP contribution in [0, 0.1) is 10.1 Å². The van der Waals surface area contributed by atoms with Crippen molar-refractivity contribution in [2.45, 2.75) is 19.8 Å². The smallest absolute Gasteiger partial charge is 0.345 e. The minimum Gasteiger partial charge on any atom is -0.466 e. The predicted molar refractivity (Wildman–Crippen MR) is 63.1 cm³/mol. The number of anilines is 1. The molecule has 8 heteroatoms. The van der Waals surface area contributed by atoms with Crippen molar-refractivity contribution in [3.05, 3.63) is 16.3 Å². The standard InChI is InChI=1S/C9H13N3O4S/c1-2-16-8(13)4-3-5-10-9-11-6-7(17-9)12(14)15/h6H,2-5H2,1H3,(H,10,11). The van der Waals surface area contributed by atoms with E-state index in [0.29, 0.717) is 31.1 Å². The van der Waals surface area contributed by atoms with Gasteiger partial charge in [-0.1, -0.05) is 0 Å². The monoisotopic (exact) mass is 259 g/mol. The molecular formula is C9H13N3O4S. The molecule has 7 nitrogen and oxygen atoms in total. The van der Waals surface area contributed by atoms with Crippen molar-refractivity contribution in [3.63, 3.8) is 0 Å². The third kappa shape index (κ3) is 4.77. The van der Waals surface area contributed by atoms with Crippen LogP contribution in [-0.4, -0.2) is 29.0 Å². The number of carbonyl (C=O) groups is 1. The molecule has 0 saturated heterocycles. The molecule has 0 aliphatic heterocycles. The first-order valence-corrected chi connectivity index (χ1v) is 5.95. The second-order valence-corrected chi connectivity index (χ2v) is 4.11. The molecular weight excluding hydrogens is 246 g/mol. The van der Waals surface area contributed by atoms with Crippen LogP contribution in [0.5, 0.6) is 0 Å². The van der Waals surface area contributed by atoms with Gasteiger partial charge in [-0.2, -0.15) is 0 Å². The Morgan fingerprint density at radius 3 is 3.06 bits per heavy atom. The molecule has 0 atom stereocenters. The Balaban J connectivity index is 2.22. The average Bonchev–Trinajstić information content (AvgIpc) is 2.73. The molecule has 0 unspecified atom stereocenters. The topological polar surface area (TPSA) is 94.4 Å². The SMILES string of the molecule is CCOC(=O)CCCNc1ncc([N+](=O)[O-])s1. The molecule has 0 spiro atoms. The molecule has 94 valence electrons. The van der Waals surface area contributed by atoms with Crippen molar-refractivity contribution in [2.75, 3.05) is 18.5 Å². The molecule has 0 aliphatic carbocycles. The van der Waals surface area contributed by atoms with Crippen LogP contribution in [0.4, 0.5) is 10.1 Å². The van der Waals surface area contributed by atoms with Gasteiger partial charge in [0, 0.05) is 13.0 Å². The highest BCUT2D eigenvalue weighted by Crippen LogP contribution is 2.24. The van der Waals surface area contributed by atoms with Crippen LogP contribution in [0.25, 0.3) is 0 Å². The zero-order chi connectivity index (χ0) is 12.7. The fourth-order valence-corrected chi connectivity index (χ4v) is 1.75. The highest BCUT2D eigenvalue weighted by molar-refractivity contribution is 7.18. The zero-order valence-electron chi connectivity index (χ0n) is 9.34. The summed E-state index contributed by atoms with van der Waals surface area (Å²) < 4.78 is 4.76. The Hall–Kier alpha value is -1.70. The first-order chi connectivity index (χ1) is 8.13. The highest BCUT2D eigenvalue weighted by atomic mass is 32.1. The van der Waals surface area contributed by atoms with Gasteiger partial charge in [-0.25, -0.2) is 4.98 Å². The van der Waals surface area contributed by atoms with Gasteiger partial charge in [0.15, 0.2) is 5.13 Å². The van der Waals surface area contributed by atoms with Crippen LogP contribution in [0.2, 0.25) is 0 Å². The molecule has 1 rings (SSSR count). The molecule has 0 bridgehead atoms. The van der Waals surface area contributed by atoms with Crippen LogP contribution in [0.3, 0.4) is 0 Å². The molecule has 0 saturated carbocycles. The lowest BCUT2D eigenvalue weighted by molar-refractivity contribution is -0.380. The number of ether oxygens (including phenoxy) is 1. The number of nitro groups is 1. The van der Waals surface area contributed by atoms with E-state index in [1.54, 1.807) is 6.92 Å². The quantitative estimate of drug-likeness (QED) is 0.347. The van der Waals surface area contributed by atoms with Gasteiger partial charge in [-0.3, -0.25) is 14.9 Å². The summed E-state index contributed by atoms with van der Waals surface area (Å²) in [7, 11) is 0. The molecule has 0 amide bonds. The Bertz CT molecular complexity index is 393. The molecule has 0 aliphatic rings. The number of carbonyl (C=O) groups excluding carboxylic acids is 1. The summed E-state index contributed by atoms with van der Waals surface area (Å²) in [4.78, 5) is 24.7. The summed E-state index contributed by atoms with van der Waals surface area (Å²) in [5, 5.41) is 13.8. The van der Waals surface area contributed by atoms with E-state index in [0.717, 1.165) is 11.3 Å². The fourth-order valence-electron chi connectivity index (χ4n) is 1.09. The van der Waals surface area contributed by atoms with E-state index in [1.165, 1.54) is 6.20 Å². The van der Waals surface area contributed by atoms with Crippen molar-refractivity contribution in [1.82, 2.24) is 4.98 Å². The summed E-state index contributed by atoms with van der Waals surface area (Å²) in [5.41, 5.74) is 0. The van der Waals surface area contributed by atoms with E-state index in [2.05, 4.69) is 10.3 Å². The van der Waals surface area contributed by atoms with Crippen molar-refractivity contribution in [2.24, 2.45) is 0 Å². The molecule has 1 heterocycles. The summed E-state index contributed by atoms with van der Waals surface area (Å²) >= 11 is 0.973. The number of esters is 1. The van der Waals surface area contributed by atoms with Crippen LogP contribution in [-0.2, 0) is 9.53 Å². The van der Waals surface area contributed by atoms with Gasteiger partial charge < -0.3 is 10.1 Å². The van der Waals surface area contributed by atoms with E-state index < -0.39 is 4.92 Å². The molecule has 0 fully saturated rings. The predicted octanol–water partition coefficient (Wildman–Crippen LogP) is 1.81. The lowest BCUT2D eigenvalue weighted by Gasteiger charge is -2.02. The van der Waals surface area contributed by atoms with Gasteiger partial charge in [0.2, 0.25) is 0 Å². The first kappa shape index (κ1) is 13.4. The van der Waals surface area contributed by atoms with E-state index in [9.17, 15) is 14.9 Å². The van der Waals surface area contributed by atoms with Crippen molar-refractivity contribution < 1.29 is 14.5 Å². The van der Waals surface area contributed by atoms with Crippen molar-refractivity contribution in [3.8, 4) is 0 Å². The van der Waals surface area contributed by atoms with Crippen molar-refractivity contribution in [1.29, 1.82) is 0 Å². The van der Waals surface area contributed by atoms with Crippen molar-refractivity contribution >= 4 is 27.4 Å². The Kier molecular flexibility index (Phi) is 5.34. The third-order valence-electron chi connectivity index (χ3n) is 1.81. The van der Waals surface area contributed by atoms with Crippen LogP contribution in [0.15, 0.2) is 6.20 Å². The van der Waals surface area contributed by atoms with Gasteiger partial charge in [-0.15, -0.1) is 0 Å². The number of aromatic nitrogens is 1. The maximum atomic E-state index is 11.0. The Morgan fingerprint density at radius 2 is 2.47 bits per heavy atom. The second-order valence-electron chi connectivity index (χ2n) is 3.10. The number of hydrogen-bond acceptors (Lipinski definition) is 7. The minimum atomic E-state index is -0.485. The first-order valence-electron chi connectivity index (χ1n) is 5.13. The largest absolute Gasteiger partial charge is 0.466 e. The Morgan fingerprint density at radius 1 is 1.71 bits per heavy atom. The Labute approximate surface area is 102 Å². The van der Waals surface area contributed by atoms with Gasteiger partial charge in [0.1, 0.15) is 6.20 Å². The summed E-state index contributed by atoms with van der Waals surface area (Å²) in [6, 6.07) is 0. The fraction of sp³-hybridized carbons (Fsp3) is 0.556. The highest BCUT2D eigenvalue weighted by Gasteiger charge is 2.10. The van der Waals surface area contributed by atoms with Gasteiger partial charge in [0.25, 0.3) is 0 Å². The van der Waals surface area contributed by atoms with Crippen LogP contribution >= 0.6 is 11.3 Å². The number of hydrogen-bond donors (Lipinski definition) is 1. The minimum absolute atomic E-state index is 0.00195. The van der Waals surface area contributed by atoms with Gasteiger partial charge in [-0.05, 0) is 24.7 Å². The average molecular weight is 259 g/mol. The summed E-state index contributed by atoms with van der Waals surface area (Å²) in [5.74, 6) is -0.237. The second kappa shape index (κ2) is 6.79. The molecule has 0 radical (unpaired) electrons. The normalized spacial score (nSPS) is 9.94. The molecule has 17 heavy (non-hydrogen) atoms. The van der Waals surface area contributed by atoms with E-state index in [1.807, 2.05) is 0 Å². The van der Waals surface area contributed by atoms with Crippen LogP contribution in [0.1, 0.15) is 19.8 Å². The zero-order valence-corrected chi connectivity index (χ0v) is 10.2. The van der Waals surface area contributed by atoms with Gasteiger partial charge in [0.05, 0.1) is 11.5 Å². The van der Waals surface area contributed by atoms with E-state index >= 15 is 0 Å². The summed E-state index contributed by atoms with van der Waals surface area (Å²) in [6.07, 6.45) is 2.14. The third-order valence-corrected chi connectivity index (χ3v) is 2.72. The maximum absolute atomic E-state index is 11.0. The van der Waals surface area contributed by atoms with E-state index in [-0.39, 0.29) is 11.0 Å². The number of nitrogens with one attached hydrogen (secondary N) is 1. The number of thiazole rings is 1.